The Kier molecular flexibility index (Phi) is 2.08. The van der Waals surface area contributed by atoms with Crippen LogP contribution < -0.4 is 5.43 Å². The van der Waals surface area contributed by atoms with Gasteiger partial charge in [0.05, 0.1) is 0 Å². The van der Waals surface area contributed by atoms with Crippen LogP contribution in [0.1, 0.15) is 38.5 Å². The molecule has 14 heavy (non-hydrogen) atoms. The van der Waals surface area contributed by atoms with Crippen LogP contribution in [0.4, 0.5) is 0 Å². The molecule has 0 aromatic rings. The van der Waals surface area contributed by atoms with Crippen LogP contribution in [0.3, 0.4) is 0 Å². The smallest absolute Gasteiger partial charge is 0.100 e. The zero-order valence-electron chi connectivity index (χ0n) is 9.13. The van der Waals surface area contributed by atoms with Gasteiger partial charge < -0.3 is 4.90 Å². The van der Waals surface area contributed by atoms with Crippen molar-refractivity contribution < 1.29 is 0 Å². The second kappa shape index (κ2) is 3.19. The number of hydrogen-bond donors (Lipinski definition) is 1. The average Bonchev–Trinajstić information content (AvgIpc) is 2.64. The molecular formula is C11H21N3. The van der Waals surface area contributed by atoms with Crippen LogP contribution in [0.5, 0.6) is 0 Å². The summed E-state index contributed by atoms with van der Waals surface area (Å²) in [7, 11) is 2.23. The molecule has 0 bridgehead atoms. The van der Waals surface area contributed by atoms with Gasteiger partial charge in [-0.25, -0.2) is 10.4 Å². The molecule has 0 aromatic carbocycles. The van der Waals surface area contributed by atoms with Gasteiger partial charge in [-0.1, -0.05) is 12.8 Å². The summed E-state index contributed by atoms with van der Waals surface area (Å²) in [5.41, 5.74) is 4.09. The molecule has 3 aliphatic rings. The number of nitrogens with one attached hydrogen (secondary N) is 1. The summed E-state index contributed by atoms with van der Waals surface area (Å²) in [5.74, 6) is 0. The molecule has 0 radical (unpaired) electrons. The van der Waals surface area contributed by atoms with Crippen LogP contribution in [0.2, 0.25) is 0 Å². The standard InChI is InChI=1S/C11H21N3/c1-13-8-6-11(7-9-13)12-14(11)10-4-2-3-5-10/h10,12H,2-9H2,1H3. The number of nitrogens with zero attached hydrogens (tertiary/aromatic N) is 2. The highest BCUT2D eigenvalue weighted by Crippen LogP contribution is 2.41. The third-order valence-electron chi connectivity index (χ3n) is 4.24. The van der Waals surface area contributed by atoms with Gasteiger partial charge in [0.15, 0.2) is 0 Å². The van der Waals surface area contributed by atoms with Gasteiger partial charge in [0.25, 0.3) is 0 Å². The summed E-state index contributed by atoms with van der Waals surface area (Å²) in [6.45, 7) is 2.52. The van der Waals surface area contributed by atoms with E-state index in [4.69, 9.17) is 0 Å². The molecule has 3 fully saturated rings. The van der Waals surface area contributed by atoms with E-state index in [-0.39, 0.29) is 0 Å². The Hall–Kier alpha value is -0.120. The number of piperidine rings is 1. The van der Waals surface area contributed by atoms with E-state index in [1.165, 1.54) is 51.6 Å². The van der Waals surface area contributed by atoms with E-state index in [1.54, 1.807) is 0 Å². The molecule has 1 spiro atoms. The van der Waals surface area contributed by atoms with Gasteiger partial charge in [-0.3, -0.25) is 0 Å². The van der Waals surface area contributed by atoms with Crippen LogP contribution in [0.25, 0.3) is 0 Å². The SMILES string of the molecule is CN1CCC2(CC1)NN2C1CCCC1. The van der Waals surface area contributed by atoms with Crippen molar-refractivity contribution in [3.63, 3.8) is 0 Å². The molecule has 0 aromatic heterocycles. The van der Waals surface area contributed by atoms with Crippen LogP contribution in [0, 0.1) is 0 Å². The Morgan fingerprint density at radius 1 is 1.14 bits per heavy atom. The lowest BCUT2D eigenvalue weighted by Gasteiger charge is -2.29. The lowest BCUT2D eigenvalue weighted by molar-refractivity contribution is 0.190. The first kappa shape index (κ1) is 9.13. The fourth-order valence-corrected chi connectivity index (χ4v) is 3.14. The normalized spacial score (nSPS) is 37.9. The lowest BCUT2D eigenvalue weighted by atomic mass is 10.0. The molecule has 2 aliphatic heterocycles. The van der Waals surface area contributed by atoms with Crippen molar-refractivity contribution in [3.8, 4) is 0 Å². The van der Waals surface area contributed by atoms with E-state index < -0.39 is 0 Å². The van der Waals surface area contributed by atoms with Gasteiger partial charge in [0.1, 0.15) is 5.66 Å². The fourth-order valence-electron chi connectivity index (χ4n) is 3.14. The second-order valence-corrected chi connectivity index (χ2v) is 5.25. The van der Waals surface area contributed by atoms with E-state index in [1.807, 2.05) is 0 Å². The molecule has 1 aliphatic carbocycles. The molecule has 1 atom stereocenters. The van der Waals surface area contributed by atoms with Gasteiger partial charge in [0, 0.05) is 19.1 Å². The Morgan fingerprint density at radius 2 is 1.79 bits per heavy atom. The first-order chi connectivity index (χ1) is 6.80. The zero-order chi connectivity index (χ0) is 9.60. The second-order valence-electron chi connectivity index (χ2n) is 5.25. The molecule has 3 nitrogen and oxygen atoms in total. The van der Waals surface area contributed by atoms with Crippen molar-refractivity contribution in [2.45, 2.75) is 50.2 Å². The molecule has 3 rings (SSSR count). The van der Waals surface area contributed by atoms with Gasteiger partial charge in [-0.15, -0.1) is 0 Å². The summed E-state index contributed by atoms with van der Waals surface area (Å²) in [4.78, 5) is 2.44. The lowest BCUT2D eigenvalue weighted by Crippen LogP contribution is -2.39. The van der Waals surface area contributed by atoms with E-state index in [0.29, 0.717) is 5.66 Å². The van der Waals surface area contributed by atoms with Crippen molar-refractivity contribution in [2.24, 2.45) is 0 Å². The maximum atomic E-state index is 3.65. The number of hydrogen-bond acceptors (Lipinski definition) is 3. The minimum atomic E-state index is 0.432. The maximum Gasteiger partial charge on any atom is 0.100 e. The highest BCUT2D eigenvalue weighted by Gasteiger charge is 2.55. The van der Waals surface area contributed by atoms with Crippen LogP contribution in [-0.2, 0) is 0 Å². The van der Waals surface area contributed by atoms with Crippen LogP contribution in [0.15, 0.2) is 0 Å². The minimum Gasteiger partial charge on any atom is -0.306 e. The highest BCUT2D eigenvalue weighted by atomic mass is 15.8. The Morgan fingerprint density at radius 3 is 2.43 bits per heavy atom. The van der Waals surface area contributed by atoms with Gasteiger partial charge in [0.2, 0.25) is 0 Å². The van der Waals surface area contributed by atoms with Crippen molar-refractivity contribution >= 4 is 0 Å². The predicted molar refractivity (Wildman–Crippen MR) is 56.7 cm³/mol. The third kappa shape index (κ3) is 1.38. The van der Waals surface area contributed by atoms with Crippen LogP contribution in [-0.4, -0.2) is 41.8 Å². The largest absolute Gasteiger partial charge is 0.306 e. The maximum absolute atomic E-state index is 3.65. The monoisotopic (exact) mass is 195 g/mol. The average molecular weight is 195 g/mol. The molecule has 1 N–H and O–H groups in total. The number of rotatable bonds is 1. The molecule has 80 valence electrons. The third-order valence-corrected chi connectivity index (χ3v) is 4.24. The van der Waals surface area contributed by atoms with Crippen molar-refractivity contribution in [3.05, 3.63) is 0 Å². The van der Waals surface area contributed by atoms with Gasteiger partial charge in [-0.2, -0.15) is 0 Å². The predicted octanol–water partition coefficient (Wildman–Crippen LogP) is 1.17. The van der Waals surface area contributed by atoms with Crippen LogP contribution >= 0.6 is 0 Å². The molecule has 2 saturated heterocycles. The molecule has 3 heteroatoms. The summed E-state index contributed by atoms with van der Waals surface area (Å²) in [5, 5.41) is 2.58. The Balaban J connectivity index is 1.60. The molecular weight excluding hydrogens is 174 g/mol. The molecule has 0 amide bonds. The summed E-state index contributed by atoms with van der Waals surface area (Å²) >= 11 is 0. The van der Waals surface area contributed by atoms with Gasteiger partial charge >= 0.3 is 0 Å². The highest BCUT2D eigenvalue weighted by molar-refractivity contribution is 5.04. The van der Waals surface area contributed by atoms with Crippen molar-refractivity contribution in [2.75, 3.05) is 20.1 Å². The van der Waals surface area contributed by atoms with E-state index in [0.717, 1.165) is 6.04 Å². The number of likely N-dealkylation sites (tertiary alicyclic amines) is 1. The molecule has 1 unspecified atom stereocenters. The summed E-state index contributed by atoms with van der Waals surface area (Å²) in [6.07, 6.45) is 8.37. The summed E-state index contributed by atoms with van der Waals surface area (Å²) < 4.78 is 0. The quantitative estimate of drug-likeness (QED) is 0.637. The Bertz CT molecular complexity index is 215. The van der Waals surface area contributed by atoms with E-state index >= 15 is 0 Å². The summed E-state index contributed by atoms with van der Waals surface area (Å²) in [6, 6.07) is 0.860. The first-order valence-corrected chi connectivity index (χ1v) is 6.06. The van der Waals surface area contributed by atoms with E-state index in [9.17, 15) is 0 Å². The topological polar surface area (TPSA) is 28.2 Å². The number of hydrazine groups is 1. The van der Waals surface area contributed by atoms with E-state index in [2.05, 4.69) is 22.4 Å². The zero-order valence-corrected chi connectivity index (χ0v) is 9.13. The molecule has 1 saturated carbocycles. The van der Waals surface area contributed by atoms with Crippen molar-refractivity contribution in [1.82, 2.24) is 15.3 Å². The van der Waals surface area contributed by atoms with Gasteiger partial charge in [-0.05, 0) is 32.7 Å². The fraction of sp³-hybridized carbons (Fsp3) is 1.00. The minimum absolute atomic E-state index is 0.432. The van der Waals surface area contributed by atoms with Crippen molar-refractivity contribution in [1.29, 1.82) is 0 Å². The molecule has 2 heterocycles. The Labute approximate surface area is 86.4 Å². The first-order valence-electron chi connectivity index (χ1n) is 6.06.